The Kier molecular flexibility index (Phi) is 7.02. The predicted octanol–water partition coefficient (Wildman–Crippen LogP) is 2.44. The van der Waals surface area contributed by atoms with Gasteiger partial charge in [-0.1, -0.05) is 29.8 Å². The van der Waals surface area contributed by atoms with Crippen LogP contribution in [0.2, 0.25) is 0 Å². The molecule has 0 unspecified atom stereocenters. The van der Waals surface area contributed by atoms with E-state index < -0.39 is 10.0 Å². The first kappa shape index (κ1) is 22.1. The lowest BCUT2D eigenvalue weighted by Crippen LogP contribution is -2.35. The van der Waals surface area contributed by atoms with E-state index in [0.717, 1.165) is 5.56 Å². The summed E-state index contributed by atoms with van der Waals surface area (Å²) in [4.78, 5) is 26.3. The third-order valence-corrected chi connectivity index (χ3v) is 7.05. The number of nitrogens with zero attached hydrogens (tertiary/aromatic N) is 2. The second-order valence-corrected chi connectivity index (χ2v) is 9.25. The molecular weight excluding hydrogens is 404 g/mol. The Morgan fingerprint density at radius 2 is 1.43 bits per heavy atom. The number of amides is 2. The third-order valence-electron chi connectivity index (χ3n) is 5.14. The highest BCUT2D eigenvalue weighted by atomic mass is 32.2. The number of aliphatic hydroxyl groups excluding tert-OH is 1. The number of hydrogen-bond acceptors (Lipinski definition) is 5. The van der Waals surface area contributed by atoms with Crippen LogP contribution in [-0.2, 0) is 10.0 Å². The van der Waals surface area contributed by atoms with Gasteiger partial charge in [0.25, 0.3) is 11.8 Å². The van der Waals surface area contributed by atoms with Gasteiger partial charge >= 0.3 is 0 Å². The highest BCUT2D eigenvalue weighted by molar-refractivity contribution is 7.89. The second kappa shape index (κ2) is 9.51. The van der Waals surface area contributed by atoms with Crippen LogP contribution in [0.15, 0.2) is 53.4 Å². The average Bonchev–Trinajstić information content (AvgIpc) is 2.98. The third kappa shape index (κ3) is 4.61. The van der Waals surface area contributed by atoms with Crippen molar-refractivity contribution < 1.29 is 23.1 Å². The van der Waals surface area contributed by atoms with Gasteiger partial charge in [-0.25, -0.2) is 8.42 Å². The second-order valence-electron chi connectivity index (χ2n) is 7.31. The maximum absolute atomic E-state index is 13.0. The quantitative estimate of drug-likeness (QED) is 0.461. The minimum Gasteiger partial charge on any atom is -0.396 e. The number of rotatable bonds is 10. The van der Waals surface area contributed by atoms with Gasteiger partial charge in [0.2, 0.25) is 10.0 Å². The van der Waals surface area contributed by atoms with E-state index in [1.54, 1.807) is 48.5 Å². The van der Waals surface area contributed by atoms with Crippen LogP contribution >= 0.6 is 0 Å². The van der Waals surface area contributed by atoms with E-state index in [2.05, 4.69) is 0 Å². The fourth-order valence-electron chi connectivity index (χ4n) is 3.46. The summed E-state index contributed by atoms with van der Waals surface area (Å²) in [7, 11) is -3.68. The van der Waals surface area contributed by atoms with Gasteiger partial charge in [-0.3, -0.25) is 14.5 Å². The molecule has 2 aromatic rings. The van der Waals surface area contributed by atoms with Crippen molar-refractivity contribution in [3.05, 3.63) is 65.2 Å². The van der Waals surface area contributed by atoms with Crippen LogP contribution in [0.5, 0.6) is 0 Å². The lowest BCUT2D eigenvalue weighted by Gasteiger charge is -2.22. The van der Waals surface area contributed by atoms with Crippen molar-refractivity contribution in [1.29, 1.82) is 0 Å². The lowest BCUT2D eigenvalue weighted by atomic mass is 10.1. The Morgan fingerprint density at radius 1 is 0.867 bits per heavy atom. The number of carbonyl (C=O) groups excluding carboxylic acids is 2. The summed E-state index contributed by atoms with van der Waals surface area (Å²) in [6.07, 6.45) is 1.32. The summed E-state index contributed by atoms with van der Waals surface area (Å²) in [5.74, 6) is -0.611. The van der Waals surface area contributed by atoms with E-state index in [1.165, 1.54) is 9.21 Å². The molecule has 1 aliphatic rings. The van der Waals surface area contributed by atoms with Crippen molar-refractivity contribution in [2.24, 2.45) is 0 Å². The zero-order valence-corrected chi connectivity index (χ0v) is 17.8. The Morgan fingerprint density at radius 3 is 2.00 bits per heavy atom. The number of imide groups is 1. The molecule has 8 heteroatoms. The molecular formula is C22H26N2O5S. The van der Waals surface area contributed by atoms with Gasteiger partial charge in [0.15, 0.2) is 0 Å². The van der Waals surface area contributed by atoms with E-state index in [1.807, 2.05) is 6.92 Å². The van der Waals surface area contributed by atoms with Gasteiger partial charge in [-0.15, -0.1) is 0 Å². The molecule has 0 saturated heterocycles. The van der Waals surface area contributed by atoms with Crippen molar-refractivity contribution in [2.45, 2.75) is 31.1 Å². The minimum atomic E-state index is -3.68. The van der Waals surface area contributed by atoms with Crippen molar-refractivity contribution in [1.82, 2.24) is 9.21 Å². The van der Waals surface area contributed by atoms with Gasteiger partial charge in [0, 0.05) is 26.2 Å². The molecule has 0 atom stereocenters. The molecule has 0 bridgehead atoms. The van der Waals surface area contributed by atoms with Crippen LogP contribution in [0.3, 0.4) is 0 Å². The zero-order chi connectivity index (χ0) is 21.7. The first-order valence-electron chi connectivity index (χ1n) is 9.99. The fourth-order valence-corrected chi connectivity index (χ4v) is 4.98. The van der Waals surface area contributed by atoms with E-state index in [0.29, 0.717) is 30.4 Å². The Labute approximate surface area is 177 Å². The number of hydrogen-bond donors (Lipinski definition) is 1. The van der Waals surface area contributed by atoms with E-state index >= 15 is 0 Å². The maximum Gasteiger partial charge on any atom is 0.261 e. The SMILES string of the molecule is Cc1ccc(S(=O)(=O)N(CCCO)CCCCN2C(=O)c3ccccc3C2=O)cc1. The largest absolute Gasteiger partial charge is 0.396 e. The van der Waals surface area contributed by atoms with Gasteiger partial charge in [0.05, 0.1) is 16.0 Å². The Hall–Kier alpha value is -2.55. The molecule has 3 rings (SSSR count). The highest BCUT2D eigenvalue weighted by Gasteiger charge is 2.34. The molecule has 1 heterocycles. The van der Waals surface area contributed by atoms with Crippen LogP contribution < -0.4 is 0 Å². The summed E-state index contributed by atoms with van der Waals surface area (Å²) >= 11 is 0. The Balaban J connectivity index is 1.61. The molecule has 0 radical (unpaired) electrons. The van der Waals surface area contributed by atoms with E-state index in [-0.39, 0.29) is 43.0 Å². The van der Waals surface area contributed by atoms with Gasteiger partial charge in [0.1, 0.15) is 0 Å². The van der Waals surface area contributed by atoms with E-state index in [9.17, 15) is 18.0 Å². The normalized spacial score (nSPS) is 13.9. The maximum atomic E-state index is 13.0. The predicted molar refractivity (Wildman–Crippen MR) is 113 cm³/mol. The molecule has 7 nitrogen and oxygen atoms in total. The number of benzene rings is 2. The van der Waals surface area contributed by atoms with Crippen molar-refractivity contribution in [3.63, 3.8) is 0 Å². The van der Waals surface area contributed by atoms with Crippen LogP contribution in [0.1, 0.15) is 45.5 Å². The fraction of sp³-hybridized carbons (Fsp3) is 0.364. The molecule has 160 valence electrons. The molecule has 0 aliphatic carbocycles. The zero-order valence-electron chi connectivity index (χ0n) is 17.0. The topological polar surface area (TPSA) is 95.0 Å². The summed E-state index contributed by atoms with van der Waals surface area (Å²) in [5.41, 5.74) is 1.79. The first-order valence-corrected chi connectivity index (χ1v) is 11.4. The van der Waals surface area contributed by atoms with Crippen LogP contribution in [0.4, 0.5) is 0 Å². The molecule has 0 aromatic heterocycles. The smallest absolute Gasteiger partial charge is 0.261 e. The molecule has 30 heavy (non-hydrogen) atoms. The molecule has 2 amide bonds. The minimum absolute atomic E-state index is 0.102. The number of aliphatic hydroxyl groups is 1. The number of sulfonamides is 1. The molecule has 2 aromatic carbocycles. The summed E-state index contributed by atoms with van der Waals surface area (Å²) < 4.78 is 27.3. The van der Waals surface area contributed by atoms with E-state index in [4.69, 9.17) is 5.11 Å². The molecule has 0 spiro atoms. The van der Waals surface area contributed by atoms with Crippen LogP contribution in [0.25, 0.3) is 0 Å². The Bertz CT molecular complexity index is 983. The van der Waals surface area contributed by atoms with Crippen LogP contribution in [0, 0.1) is 6.92 Å². The number of fused-ring (bicyclic) bond motifs is 1. The molecule has 0 fully saturated rings. The molecule has 0 saturated carbocycles. The highest BCUT2D eigenvalue weighted by Crippen LogP contribution is 2.23. The average molecular weight is 431 g/mol. The number of aryl methyl sites for hydroxylation is 1. The van der Waals surface area contributed by atoms with Gasteiger partial charge in [-0.05, 0) is 50.5 Å². The standard InChI is InChI=1S/C22H26N2O5S/c1-17-9-11-18(12-10-17)30(28,29)23(14-6-16-25)13-4-5-15-24-21(26)19-7-2-3-8-20(19)22(24)27/h2-3,7-12,25H,4-6,13-16H2,1H3. The van der Waals surface area contributed by atoms with Gasteiger partial charge in [-0.2, -0.15) is 4.31 Å². The summed E-state index contributed by atoms with van der Waals surface area (Å²) in [6.45, 7) is 2.48. The molecule has 1 N–H and O–H groups in total. The van der Waals surface area contributed by atoms with Crippen LogP contribution in [-0.4, -0.2) is 60.8 Å². The summed E-state index contributed by atoms with van der Waals surface area (Å²) in [5, 5.41) is 9.14. The monoisotopic (exact) mass is 430 g/mol. The van der Waals surface area contributed by atoms with Gasteiger partial charge < -0.3 is 5.11 Å². The first-order chi connectivity index (χ1) is 14.4. The molecule has 1 aliphatic heterocycles. The van der Waals surface area contributed by atoms with Crippen molar-refractivity contribution in [2.75, 3.05) is 26.2 Å². The van der Waals surface area contributed by atoms with Crippen molar-refractivity contribution in [3.8, 4) is 0 Å². The number of carbonyl (C=O) groups is 2. The number of unbranched alkanes of at least 4 members (excludes halogenated alkanes) is 1. The summed E-state index contributed by atoms with van der Waals surface area (Å²) in [6, 6.07) is 13.4. The van der Waals surface area contributed by atoms with Crippen molar-refractivity contribution >= 4 is 21.8 Å². The lowest BCUT2D eigenvalue weighted by molar-refractivity contribution is 0.0651.